The van der Waals surface area contributed by atoms with Crippen LogP contribution in [0.15, 0.2) is 70.0 Å². The van der Waals surface area contributed by atoms with Crippen LogP contribution in [-0.4, -0.2) is 32.6 Å². The quantitative estimate of drug-likeness (QED) is 0.250. The molecule has 1 amide bonds. The first kappa shape index (κ1) is 27.8. The number of alkyl halides is 3. The zero-order valence-electron chi connectivity index (χ0n) is 19.7. The molecule has 2 heterocycles. The van der Waals surface area contributed by atoms with Gasteiger partial charge in [0.25, 0.3) is 11.4 Å². The number of carboxylic acid groups (broad SMARTS) is 1. The predicted octanol–water partition coefficient (Wildman–Crippen LogP) is 5.60. The molecule has 0 saturated heterocycles. The Morgan fingerprint density at radius 2 is 1.72 bits per heavy atom. The van der Waals surface area contributed by atoms with E-state index in [9.17, 15) is 36.6 Å². The van der Waals surface area contributed by atoms with Crippen molar-refractivity contribution in [2.24, 2.45) is 5.73 Å². The van der Waals surface area contributed by atoms with E-state index in [-0.39, 0.29) is 15.9 Å². The number of carbonyl (C=O) groups excluding carboxylic acids is 1. The molecule has 0 bridgehead atoms. The summed E-state index contributed by atoms with van der Waals surface area (Å²) >= 11 is 3.13. The van der Waals surface area contributed by atoms with Gasteiger partial charge in [0.1, 0.15) is 23.2 Å². The van der Waals surface area contributed by atoms with Gasteiger partial charge in [-0.25, -0.2) is 18.6 Å². The Labute approximate surface area is 224 Å². The zero-order chi connectivity index (χ0) is 28.7. The number of carbonyl (C=O) groups is 2. The minimum Gasteiger partial charge on any atom is -0.484 e. The van der Waals surface area contributed by atoms with Crippen molar-refractivity contribution in [3.63, 3.8) is 0 Å². The molecule has 0 fully saturated rings. The number of benzene rings is 2. The SMILES string of the molecule is CC(Oc1ccc(F)c(C(N)=O)c1F)C(C(=O)O)(c1nc(-c2ccc(C(F)(F)F)cc2)c(Br)o1)n1cccc1. The van der Waals surface area contributed by atoms with Gasteiger partial charge in [-0.1, -0.05) is 12.1 Å². The monoisotopic (exact) mass is 613 g/mol. The Balaban J connectivity index is 1.85. The number of hydrogen-bond acceptors (Lipinski definition) is 5. The largest absolute Gasteiger partial charge is 0.484 e. The van der Waals surface area contributed by atoms with Crippen LogP contribution in [-0.2, 0) is 16.5 Å². The average molecular weight is 614 g/mol. The lowest BCUT2D eigenvalue weighted by molar-refractivity contribution is -0.151. The molecule has 39 heavy (non-hydrogen) atoms. The molecule has 0 radical (unpaired) electrons. The summed E-state index contributed by atoms with van der Waals surface area (Å²) in [7, 11) is 0. The molecule has 2 aromatic carbocycles. The van der Waals surface area contributed by atoms with Crippen molar-refractivity contribution in [3.8, 4) is 17.0 Å². The molecule has 0 saturated carbocycles. The van der Waals surface area contributed by atoms with Gasteiger partial charge in [-0.15, -0.1) is 0 Å². The molecule has 4 aromatic rings. The maximum absolute atomic E-state index is 14.9. The third-order valence-corrected chi connectivity index (χ3v) is 6.47. The van der Waals surface area contributed by atoms with E-state index in [0.29, 0.717) is 0 Å². The summed E-state index contributed by atoms with van der Waals surface area (Å²) in [5.74, 6) is -6.83. The van der Waals surface area contributed by atoms with E-state index >= 15 is 0 Å². The number of ether oxygens (including phenoxy) is 1. The number of nitrogens with zero attached hydrogens (tertiary/aromatic N) is 2. The number of halogens is 6. The van der Waals surface area contributed by atoms with E-state index in [1.807, 2.05) is 0 Å². The maximum atomic E-state index is 14.9. The number of aliphatic carboxylic acids is 1. The van der Waals surface area contributed by atoms with E-state index < -0.39 is 64.1 Å². The minimum absolute atomic E-state index is 0.0207. The second-order valence-corrected chi connectivity index (χ2v) is 8.96. The summed E-state index contributed by atoms with van der Waals surface area (Å²) in [6.07, 6.45) is -3.43. The van der Waals surface area contributed by atoms with Crippen LogP contribution in [0, 0.1) is 11.6 Å². The van der Waals surface area contributed by atoms with E-state index in [2.05, 4.69) is 20.9 Å². The highest BCUT2D eigenvalue weighted by molar-refractivity contribution is 9.10. The number of hydrogen-bond donors (Lipinski definition) is 2. The molecule has 204 valence electrons. The number of nitrogens with two attached hydrogens (primary N) is 1. The third-order valence-electron chi connectivity index (χ3n) is 5.93. The van der Waals surface area contributed by atoms with Gasteiger partial charge in [0.2, 0.25) is 5.89 Å². The van der Waals surface area contributed by atoms with Crippen LogP contribution >= 0.6 is 15.9 Å². The van der Waals surface area contributed by atoms with Gasteiger partial charge >= 0.3 is 12.1 Å². The number of amides is 1. The van der Waals surface area contributed by atoms with E-state index in [0.717, 1.165) is 41.0 Å². The van der Waals surface area contributed by atoms with Crippen LogP contribution in [0.1, 0.15) is 28.7 Å². The van der Waals surface area contributed by atoms with Crippen LogP contribution < -0.4 is 10.5 Å². The highest BCUT2D eigenvalue weighted by atomic mass is 79.9. The molecule has 14 heteroatoms. The summed E-state index contributed by atoms with van der Waals surface area (Å²) in [6.45, 7) is 1.25. The first-order chi connectivity index (χ1) is 18.3. The predicted molar refractivity (Wildman–Crippen MR) is 129 cm³/mol. The zero-order valence-corrected chi connectivity index (χ0v) is 21.3. The molecule has 0 aliphatic heterocycles. The molecule has 2 unspecified atom stereocenters. The lowest BCUT2D eigenvalue weighted by Gasteiger charge is -2.34. The second kappa shape index (κ2) is 10.2. The highest BCUT2D eigenvalue weighted by Crippen LogP contribution is 2.40. The first-order valence-electron chi connectivity index (χ1n) is 10.9. The molecule has 2 atom stereocenters. The fraction of sp³-hybridized carbons (Fsp3) is 0.160. The van der Waals surface area contributed by atoms with Crippen molar-refractivity contribution in [1.29, 1.82) is 0 Å². The molecule has 4 rings (SSSR count). The standard InChI is InChI=1S/C25H17BrF5N3O5/c1-12(38-16-9-8-15(27)17(18(16)28)21(32)35)24(23(36)37,34-10-2-3-11-34)22-33-19(20(26)39-22)13-4-6-14(7-5-13)25(29,30)31/h2-12H,1H3,(H2,32,35)(H,36,37). The number of aromatic nitrogens is 2. The van der Waals surface area contributed by atoms with E-state index in [1.165, 1.54) is 31.5 Å². The highest BCUT2D eigenvalue weighted by Gasteiger charge is 2.54. The third kappa shape index (κ3) is 4.87. The second-order valence-electron chi connectivity index (χ2n) is 8.24. The van der Waals surface area contributed by atoms with Gasteiger partial charge in [0, 0.05) is 18.0 Å². The average Bonchev–Trinajstić information content (AvgIpc) is 3.51. The Morgan fingerprint density at radius 3 is 2.26 bits per heavy atom. The summed E-state index contributed by atoms with van der Waals surface area (Å²) < 4.78 is 80.2. The summed E-state index contributed by atoms with van der Waals surface area (Å²) in [5, 5.41) is 10.5. The maximum Gasteiger partial charge on any atom is 0.416 e. The van der Waals surface area contributed by atoms with Crippen molar-refractivity contribution in [3.05, 3.63) is 94.2 Å². The normalized spacial score (nSPS) is 14.0. The van der Waals surface area contributed by atoms with Crippen molar-refractivity contribution in [2.45, 2.75) is 24.7 Å². The summed E-state index contributed by atoms with van der Waals surface area (Å²) in [5.41, 5.74) is 0.893. The van der Waals surface area contributed by atoms with Gasteiger partial charge in [-0.2, -0.15) is 13.2 Å². The Bertz CT molecular complexity index is 1540. The lowest BCUT2D eigenvalue weighted by atomic mass is 9.92. The van der Waals surface area contributed by atoms with Gasteiger partial charge in [-0.05, 0) is 59.3 Å². The van der Waals surface area contributed by atoms with Crippen molar-refractivity contribution in [1.82, 2.24) is 9.55 Å². The van der Waals surface area contributed by atoms with Gasteiger partial charge in [0.05, 0.1) is 5.56 Å². The van der Waals surface area contributed by atoms with Crippen molar-refractivity contribution >= 4 is 27.8 Å². The summed E-state index contributed by atoms with van der Waals surface area (Å²) in [4.78, 5) is 28.7. The molecular formula is C25H17BrF5N3O5. The number of oxazole rings is 1. The molecule has 0 aliphatic carbocycles. The minimum atomic E-state index is -4.57. The van der Waals surface area contributed by atoms with Gasteiger partial charge < -0.3 is 24.6 Å². The fourth-order valence-corrected chi connectivity index (χ4v) is 4.50. The van der Waals surface area contributed by atoms with Crippen molar-refractivity contribution < 1.29 is 45.8 Å². The molecule has 0 spiro atoms. The van der Waals surface area contributed by atoms with Gasteiger partial charge in [0.15, 0.2) is 16.2 Å². The van der Waals surface area contributed by atoms with Crippen LogP contribution in [0.25, 0.3) is 11.3 Å². The Kier molecular flexibility index (Phi) is 7.25. The smallest absolute Gasteiger partial charge is 0.416 e. The van der Waals surface area contributed by atoms with E-state index in [4.69, 9.17) is 14.9 Å². The number of primary amides is 1. The number of carboxylic acids is 1. The van der Waals surface area contributed by atoms with Crippen LogP contribution in [0.2, 0.25) is 0 Å². The van der Waals surface area contributed by atoms with Crippen LogP contribution in [0.4, 0.5) is 22.0 Å². The first-order valence-corrected chi connectivity index (χ1v) is 11.7. The molecular weight excluding hydrogens is 597 g/mol. The summed E-state index contributed by atoms with van der Waals surface area (Å²) in [6, 6.07) is 8.48. The topological polar surface area (TPSA) is 121 Å². The molecule has 3 N–H and O–H groups in total. The molecule has 8 nitrogen and oxygen atoms in total. The van der Waals surface area contributed by atoms with Gasteiger partial charge in [-0.3, -0.25) is 4.79 Å². The Hall–Kier alpha value is -4.20. The number of rotatable bonds is 8. The fourth-order valence-electron chi connectivity index (χ4n) is 4.03. The van der Waals surface area contributed by atoms with E-state index in [1.54, 1.807) is 0 Å². The lowest BCUT2D eigenvalue weighted by Crippen LogP contribution is -2.53. The van der Waals surface area contributed by atoms with Crippen LogP contribution in [0.5, 0.6) is 5.75 Å². The molecule has 2 aromatic heterocycles. The van der Waals surface area contributed by atoms with Crippen LogP contribution in [0.3, 0.4) is 0 Å². The van der Waals surface area contributed by atoms with Crippen molar-refractivity contribution in [2.75, 3.05) is 0 Å². The Morgan fingerprint density at radius 1 is 1.10 bits per heavy atom. The molecule has 0 aliphatic rings.